The smallest absolute Gasteiger partial charge is 0.329 e. The molecule has 2 aromatic rings. The summed E-state index contributed by atoms with van der Waals surface area (Å²) >= 11 is 2.67. The zero-order valence-electron chi connectivity index (χ0n) is 25.3. The second-order valence-electron chi connectivity index (χ2n) is 9.75. The van der Waals surface area contributed by atoms with Crippen LogP contribution in [0.25, 0.3) is 10.2 Å². The molecule has 1 aliphatic heterocycles. The Hall–Kier alpha value is -3.88. The van der Waals surface area contributed by atoms with Crippen molar-refractivity contribution in [3.05, 3.63) is 23.2 Å². The molecule has 17 nitrogen and oxygen atoms in total. The van der Waals surface area contributed by atoms with E-state index in [4.69, 9.17) is 25.4 Å². The molecule has 19 heteroatoms. The monoisotopic (exact) mass is 681 g/mol. The number of thiazole rings is 1. The Morgan fingerprint density at radius 2 is 1.89 bits per heavy atom. The van der Waals surface area contributed by atoms with Crippen LogP contribution in [-0.2, 0) is 33.4 Å². The molecule has 0 unspecified atom stereocenters. The Bertz CT molecular complexity index is 1390. The molecule has 1 aromatic heterocycles. The van der Waals surface area contributed by atoms with Gasteiger partial charge in [-0.15, -0.1) is 23.1 Å². The van der Waals surface area contributed by atoms with E-state index in [0.717, 1.165) is 4.70 Å². The number of carboxylic acid groups (broad SMARTS) is 1. The van der Waals surface area contributed by atoms with Gasteiger partial charge in [0, 0.05) is 25.1 Å². The first-order chi connectivity index (χ1) is 22.2. The highest BCUT2D eigenvalue weighted by molar-refractivity contribution is 8.15. The SMILES string of the molecule is COCCOCCOCNCC(=O)NCC(=O)N[C@@H](CCCNC(=N)N)C(=O)Nc1ccc2nc(C3=N[C@@H](C(=O)O)CS3)sc2c1. The largest absolute Gasteiger partial charge is 0.480 e. The number of rotatable bonds is 21. The van der Waals surface area contributed by atoms with Crippen molar-refractivity contribution in [3.8, 4) is 0 Å². The van der Waals surface area contributed by atoms with E-state index >= 15 is 0 Å². The quantitative estimate of drug-likeness (QED) is 0.0351. The zero-order chi connectivity index (χ0) is 33.3. The van der Waals surface area contributed by atoms with E-state index in [1.807, 2.05) is 0 Å². The molecule has 0 saturated heterocycles. The van der Waals surface area contributed by atoms with Crippen LogP contribution in [0.4, 0.5) is 5.69 Å². The molecule has 0 spiro atoms. The van der Waals surface area contributed by atoms with E-state index in [1.54, 1.807) is 25.3 Å². The maximum Gasteiger partial charge on any atom is 0.329 e. The number of carbonyl (C=O) groups is 4. The number of anilines is 1. The Kier molecular flexibility index (Phi) is 15.6. The summed E-state index contributed by atoms with van der Waals surface area (Å²) in [7, 11) is 1.58. The average molecular weight is 682 g/mol. The van der Waals surface area contributed by atoms with Gasteiger partial charge in [-0.05, 0) is 31.0 Å². The molecule has 0 saturated carbocycles. The number of ether oxygens (including phenoxy) is 3. The Labute approximate surface area is 273 Å². The van der Waals surface area contributed by atoms with Gasteiger partial charge in [0.15, 0.2) is 12.0 Å². The number of aliphatic carboxylic acids is 1. The molecule has 2 heterocycles. The third kappa shape index (κ3) is 12.9. The molecule has 252 valence electrons. The number of amides is 3. The molecule has 1 aliphatic rings. The minimum absolute atomic E-state index is 0.0770. The molecule has 1 aromatic carbocycles. The highest BCUT2D eigenvalue weighted by Gasteiger charge is 2.27. The number of hydrogen-bond donors (Lipinski definition) is 8. The number of nitrogens with zero attached hydrogens (tertiary/aromatic N) is 2. The summed E-state index contributed by atoms with van der Waals surface area (Å²) in [6, 6.07) is 3.41. The first-order valence-corrected chi connectivity index (χ1v) is 16.1. The molecular formula is C27H39N9O8S2. The first kappa shape index (κ1) is 36.6. The van der Waals surface area contributed by atoms with Crippen molar-refractivity contribution in [1.82, 2.24) is 26.3 Å². The van der Waals surface area contributed by atoms with Crippen LogP contribution >= 0.6 is 23.1 Å². The second-order valence-corrected chi connectivity index (χ2v) is 11.8. The number of hydrogen-bond acceptors (Lipinski definition) is 13. The molecular weight excluding hydrogens is 642 g/mol. The van der Waals surface area contributed by atoms with Crippen LogP contribution in [0.15, 0.2) is 23.2 Å². The highest BCUT2D eigenvalue weighted by Crippen LogP contribution is 2.31. The van der Waals surface area contributed by atoms with Crippen LogP contribution in [0, 0.1) is 5.41 Å². The topological polar surface area (TPSA) is 251 Å². The number of benzene rings is 1. The third-order valence-electron chi connectivity index (χ3n) is 6.15. The number of thioether (sulfide) groups is 1. The van der Waals surface area contributed by atoms with Crippen molar-refractivity contribution in [2.75, 3.05) is 71.0 Å². The van der Waals surface area contributed by atoms with Crippen LogP contribution in [-0.4, -0.2) is 123 Å². The summed E-state index contributed by atoms with van der Waals surface area (Å²) in [5.41, 5.74) is 6.47. The van der Waals surface area contributed by atoms with Gasteiger partial charge in [-0.2, -0.15) is 0 Å². The maximum atomic E-state index is 13.2. The minimum atomic E-state index is -0.982. The predicted octanol–water partition coefficient (Wildman–Crippen LogP) is -0.728. The highest BCUT2D eigenvalue weighted by atomic mass is 32.2. The van der Waals surface area contributed by atoms with E-state index < -0.39 is 35.8 Å². The standard InChI is InChI=1S/C27H39N9O8S2/c1-42-7-8-43-9-10-44-15-30-12-21(37)32-13-22(38)34-18(3-2-6-31-27(28)29)23(39)33-16-4-5-17-20(11-16)46-25(35-17)24-36-19(14-45-24)26(40)41/h4-5,11,18-19,30H,2-3,6-10,12-15H2,1H3,(H,32,37)(H,33,39)(H,34,38)(H,40,41)(H4,28,29,31)/t18-,19+/m0/s1. The summed E-state index contributed by atoms with van der Waals surface area (Å²) in [5.74, 6) is -2.31. The van der Waals surface area contributed by atoms with E-state index in [2.05, 4.69) is 36.6 Å². The van der Waals surface area contributed by atoms with E-state index in [9.17, 15) is 24.3 Å². The van der Waals surface area contributed by atoms with Crippen molar-refractivity contribution in [2.24, 2.45) is 10.7 Å². The van der Waals surface area contributed by atoms with Gasteiger partial charge in [0.1, 0.15) is 16.1 Å². The summed E-state index contributed by atoms with van der Waals surface area (Å²) in [6.07, 6.45) is 0.647. The zero-order valence-corrected chi connectivity index (χ0v) is 26.9. The molecule has 3 amide bonds. The molecule has 0 aliphatic carbocycles. The van der Waals surface area contributed by atoms with Gasteiger partial charge in [-0.1, -0.05) is 0 Å². The van der Waals surface area contributed by atoms with Gasteiger partial charge in [-0.3, -0.25) is 30.1 Å². The number of nitrogens with one attached hydrogen (secondary N) is 6. The lowest BCUT2D eigenvalue weighted by Gasteiger charge is -2.19. The lowest BCUT2D eigenvalue weighted by atomic mass is 10.1. The number of aromatic nitrogens is 1. The number of fused-ring (bicyclic) bond motifs is 1. The summed E-state index contributed by atoms with van der Waals surface area (Å²) in [4.78, 5) is 58.0. The van der Waals surface area contributed by atoms with Crippen molar-refractivity contribution in [3.63, 3.8) is 0 Å². The lowest BCUT2D eigenvalue weighted by Crippen LogP contribution is -2.48. The number of carbonyl (C=O) groups excluding carboxylic acids is 3. The van der Waals surface area contributed by atoms with E-state index in [1.165, 1.54) is 23.1 Å². The molecule has 2 atom stereocenters. The normalized spacial score (nSPS) is 14.8. The fourth-order valence-corrected chi connectivity index (χ4v) is 6.00. The fourth-order valence-electron chi connectivity index (χ4n) is 3.90. The molecule has 0 radical (unpaired) electrons. The lowest BCUT2D eigenvalue weighted by molar-refractivity contribution is -0.137. The summed E-state index contributed by atoms with van der Waals surface area (Å²) < 4.78 is 16.2. The number of nitrogens with two attached hydrogens (primary N) is 1. The van der Waals surface area contributed by atoms with Crippen LogP contribution in [0.2, 0.25) is 0 Å². The van der Waals surface area contributed by atoms with Gasteiger partial charge in [0.05, 0.1) is 56.5 Å². The Morgan fingerprint density at radius 1 is 1.11 bits per heavy atom. The van der Waals surface area contributed by atoms with Crippen molar-refractivity contribution in [1.29, 1.82) is 5.41 Å². The van der Waals surface area contributed by atoms with Gasteiger partial charge in [0.2, 0.25) is 17.7 Å². The molecule has 3 rings (SSSR count). The van der Waals surface area contributed by atoms with Crippen LogP contribution < -0.4 is 32.3 Å². The number of guanidine groups is 1. The predicted molar refractivity (Wildman–Crippen MR) is 174 cm³/mol. The fraction of sp³-hybridized carbons (Fsp3) is 0.519. The Morgan fingerprint density at radius 3 is 2.63 bits per heavy atom. The van der Waals surface area contributed by atoms with Gasteiger partial charge in [-0.25, -0.2) is 9.78 Å². The third-order valence-corrected chi connectivity index (χ3v) is 8.36. The number of methoxy groups -OCH3 is 1. The van der Waals surface area contributed by atoms with Gasteiger partial charge >= 0.3 is 5.97 Å². The van der Waals surface area contributed by atoms with Gasteiger partial charge in [0.25, 0.3) is 0 Å². The maximum absolute atomic E-state index is 13.2. The number of aliphatic imine (C=N–C) groups is 1. The average Bonchev–Trinajstić information content (AvgIpc) is 3.68. The van der Waals surface area contributed by atoms with Crippen molar-refractivity contribution >= 4 is 73.7 Å². The minimum Gasteiger partial charge on any atom is -0.480 e. The summed E-state index contributed by atoms with van der Waals surface area (Å²) in [5, 5.41) is 31.1. The number of carboxylic acids is 1. The van der Waals surface area contributed by atoms with Crippen molar-refractivity contribution < 1.29 is 38.5 Å². The molecule has 0 fully saturated rings. The van der Waals surface area contributed by atoms with Crippen LogP contribution in [0.1, 0.15) is 17.8 Å². The molecule has 9 N–H and O–H groups in total. The van der Waals surface area contributed by atoms with Gasteiger partial charge < -0.3 is 46.3 Å². The molecule has 46 heavy (non-hydrogen) atoms. The van der Waals surface area contributed by atoms with E-state index in [-0.39, 0.29) is 32.2 Å². The first-order valence-electron chi connectivity index (χ1n) is 14.3. The molecule has 0 bridgehead atoms. The Balaban J connectivity index is 1.50. The van der Waals surface area contributed by atoms with E-state index in [0.29, 0.717) is 66.4 Å². The van der Waals surface area contributed by atoms with Crippen LogP contribution in [0.5, 0.6) is 0 Å². The second kappa shape index (κ2) is 19.6. The summed E-state index contributed by atoms with van der Waals surface area (Å²) in [6.45, 7) is 1.72. The van der Waals surface area contributed by atoms with Crippen molar-refractivity contribution in [2.45, 2.75) is 24.9 Å². The van der Waals surface area contributed by atoms with Crippen LogP contribution in [0.3, 0.4) is 0 Å².